The number of nitrogens with zero attached hydrogens (tertiary/aromatic N) is 1. The predicted molar refractivity (Wildman–Crippen MR) is 108 cm³/mol. The van der Waals surface area contributed by atoms with Crippen molar-refractivity contribution in [1.29, 1.82) is 0 Å². The van der Waals surface area contributed by atoms with Gasteiger partial charge in [-0.15, -0.1) is 0 Å². The lowest BCUT2D eigenvalue weighted by atomic mass is 9.94. The second-order valence-electron chi connectivity index (χ2n) is 7.39. The van der Waals surface area contributed by atoms with E-state index in [0.29, 0.717) is 18.8 Å². The van der Waals surface area contributed by atoms with Gasteiger partial charge < -0.3 is 14.7 Å². The molecular weight excluding hydrogens is 354 g/mol. The van der Waals surface area contributed by atoms with Gasteiger partial charge in [0.05, 0.1) is 13.5 Å². The number of hydrogen-bond acceptors (Lipinski definition) is 3. The largest absolute Gasteiger partial charge is 0.496 e. The van der Waals surface area contributed by atoms with Crippen LogP contribution in [0.25, 0.3) is 11.1 Å². The Hall–Kier alpha value is -2.82. The van der Waals surface area contributed by atoms with E-state index >= 15 is 0 Å². The van der Waals surface area contributed by atoms with Crippen molar-refractivity contribution in [3.05, 3.63) is 53.1 Å². The first kappa shape index (κ1) is 19.9. The quantitative estimate of drug-likeness (QED) is 0.749. The molecule has 0 spiro atoms. The molecule has 5 heteroatoms. The fraction of sp³-hybridized carbons (Fsp3) is 0.391. The summed E-state index contributed by atoms with van der Waals surface area (Å²) in [6.07, 6.45) is 1.93. The van der Waals surface area contributed by atoms with E-state index in [-0.39, 0.29) is 18.2 Å². The Kier molecular flexibility index (Phi) is 6.02. The molecule has 148 valence electrons. The van der Waals surface area contributed by atoms with Crippen LogP contribution in [0.15, 0.2) is 36.4 Å². The van der Waals surface area contributed by atoms with Gasteiger partial charge in [-0.25, -0.2) is 0 Å². The van der Waals surface area contributed by atoms with E-state index in [4.69, 9.17) is 9.84 Å². The molecule has 5 nitrogen and oxygen atoms in total. The number of hydrogen-bond donors (Lipinski definition) is 1. The Labute approximate surface area is 165 Å². The normalized spacial score (nSPS) is 13.2. The van der Waals surface area contributed by atoms with Crippen LogP contribution in [0.1, 0.15) is 36.5 Å². The van der Waals surface area contributed by atoms with Crippen LogP contribution in [0.3, 0.4) is 0 Å². The van der Waals surface area contributed by atoms with Crippen LogP contribution >= 0.6 is 0 Å². The molecule has 0 heterocycles. The summed E-state index contributed by atoms with van der Waals surface area (Å²) in [5, 5.41) is 9.14. The molecule has 2 aromatic rings. The van der Waals surface area contributed by atoms with Gasteiger partial charge in [0.25, 0.3) is 0 Å². The molecule has 0 radical (unpaired) electrons. The number of rotatable bonds is 8. The molecule has 1 N–H and O–H groups in total. The minimum Gasteiger partial charge on any atom is -0.496 e. The van der Waals surface area contributed by atoms with E-state index in [9.17, 15) is 9.59 Å². The number of ether oxygens (including phenoxy) is 1. The van der Waals surface area contributed by atoms with Crippen LogP contribution in [0.5, 0.6) is 5.75 Å². The maximum absolute atomic E-state index is 12.6. The Bertz CT molecular complexity index is 886. The van der Waals surface area contributed by atoms with Crippen molar-refractivity contribution < 1.29 is 19.4 Å². The Morgan fingerprint density at radius 1 is 1.14 bits per heavy atom. The van der Waals surface area contributed by atoms with Crippen molar-refractivity contribution in [3.63, 3.8) is 0 Å². The van der Waals surface area contributed by atoms with E-state index in [0.717, 1.165) is 40.7 Å². The summed E-state index contributed by atoms with van der Waals surface area (Å²) < 4.78 is 5.54. The van der Waals surface area contributed by atoms with Gasteiger partial charge in [0.2, 0.25) is 5.91 Å². The molecule has 1 aliphatic rings. The number of aliphatic carboxylic acids is 1. The van der Waals surface area contributed by atoms with E-state index in [1.807, 2.05) is 43.0 Å². The molecule has 1 aliphatic carbocycles. The van der Waals surface area contributed by atoms with E-state index in [1.54, 1.807) is 13.2 Å². The highest BCUT2D eigenvalue weighted by atomic mass is 16.5. The van der Waals surface area contributed by atoms with Gasteiger partial charge in [-0.1, -0.05) is 29.8 Å². The third-order valence-electron chi connectivity index (χ3n) is 5.15. The summed E-state index contributed by atoms with van der Waals surface area (Å²) in [5.41, 5.74) is 4.70. The maximum Gasteiger partial charge on any atom is 0.307 e. The summed E-state index contributed by atoms with van der Waals surface area (Å²) >= 11 is 0. The smallest absolute Gasteiger partial charge is 0.307 e. The molecule has 0 unspecified atom stereocenters. The second-order valence-corrected chi connectivity index (χ2v) is 7.39. The molecule has 1 fully saturated rings. The molecular formula is C23H27NO4. The zero-order chi connectivity index (χ0) is 20.3. The van der Waals surface area contributed by atoms with E-state index in [2.05, 4.69) is 6.07 Å². The lowest BCUT2D eigenvalue weighted by Crippen LogP contribution is -2.31. The molecule has 0 bridgehead atoms. The van der Waals surface area contributed by atoms with Crippen LogP contribution in [0, 0.1) is 12.8 Å². The van der Waals surface area contributed by atoms with Gasteiger partial charge in [0, 0.05) is 24.6 Å². The Balaban J connectivity index is 2.02. The molecule has 0 aromatic heterocycles. The summed E-state index contributed by atoms with van der Waals surface area (Å²) in [4.78, 5) is 25.7. The average Bonchev–Trinajstić information content (AvgIpc) is 3.50. The van der Waals surface area contributed by atoms with Gasteiger partial charge in [-0.05, 0) is 55.5 Å². The number of carbonyl (C=O) groups excluding carboxylic acids is 1. The van der Waals surface area contributed by atoms with Crippen LogP contribution in [-0.2, 0) is 22.6 Å². The highest BCUT2D eigenvalue weighted by Crippen LogP contribution is 2.36. The Morgan fingerprint density at radius 2 is 1.89 bits per heavy atom. The zero-order valence-corrected chi connectivity index (χ0v) is 16.7. The number of carboxylic acids is 1. The predicted octanol–water partition coefficient (Wildman–Crippen LogP) is 4.06. The number of aryl methyl sites for hydroxylation is 1. The Morgan fingerprint density at radius 3 is 2.50 bits per heavy atom. The van der Waals surface area contributed by atoms with Gasteiger partial charge in [0.15, 0.2) is 0 Å². The fourth-order valence-electron chi connectivity index (χ4n) is 3.51. The molecule has 0 saturated heterocycles. The monoisotopic (exact) mass is 381 g/mol. The van der Waals surface area contributed by atoms with Gasteiger partial charge >= 0.3 is 5.97 Å². The summed E-state index contributed by atoms with van der Waals surface area (Å²) in [6, 6.07) is 11.6. The van der Waals surface area contributed by atoms with Crippen molar-refractivity contribution in [3.8, 4) is 16.9 Å². The molecule has 0 aliphatic heterocycles. The van der Waals surface area contributed by atoms with Crippen molar-refractivity contribution in [2.45, 2.75) is 39.7 Å². The van der Waals surface area contributed by atoms with E-state index in [1.165, 1.54) is 0 Å². The summed E-state index contributed by atoms with van der Waals surface area (Å²) in [5.74, 6) is 0.228. The highest BCUT2D eigenvalue weighted by Gasteiger charge is 2.33. The number of methoxy groups -OCH3 is 1. The van der Waals surface area contributed by atoms with Crippen LogP contribution in [-0.4, -0.2) is 35.5 Å². The molecule has 0 atom stereocenters. The number of amides is 1. The van der Waals surface area contributed by atoms with Crippen molar-refractivity contribution in [1.82, 2.24) is 4.90 Å². The fourth-order valence-corrected chi connectivity index (χ4v) is 3.51. The first-order valence-electron chi connectivity index (χ1n) is 9.70. The number of carbonyl (C=O) groups is 2. The maximum atomic E-state index is 12.6. The average molecular weight is 381 g/mol. The molecule has 3 rings (SSSR count). The highest BCUT2D eigenvalue weighted by molar-refractivity contribution is 5.82. The molecule has 28 heavy (non-hydrogen) atoms. The molecule has 1 amide bonds. The minimum absolute atomic E-state index is 0.0422. The number of benzene rings is 2. The van der Waals surface area contributed by atoms with Gasteiger partial charge in [-0.2, -0.15) is 0 Å². The summed E-state index contributed by atoms with van der Waals surface area (Å²) in [6.45, 7) is 5.24. The van der Waals surface area contributed by atoms with Crippen LogP contribution in [0.2, 0.25) is 0 Å². The van der Waals surface area contributed by atoms with E-state index < -0.39 is 5.97 Å². The summed E-state index contributed by atoms with van der Waals surface area (Å²) in [7, 11) is 1.61. The van der Waals surface area contributed by atoms with Gasteiger partial charge in [0.1, 0.15) is 5.75 Å². The lowest BCUT2D eigenvalue weighted by molar-refractivity contribution is -0.136. The van der Waals surface area contributed by atoms with Crippen molar-refractivity contribution in [2.24, 2.45) is 5.92 Å². The van der Waals surface area contributed by atoms with Gasteiger partial charge in [-0.3, -0.25) is 9.59 Å². The van der Waals surface area contributed by atoms with Crippen molar-refractivity contribution >= 4 is 11.9 Å². The first-order chi connectivity index (χ1) is 13.4. The lowest BCUT2D eigenvalue weighted by Gasteiger charge is -2.23. The molecule has 2 aromatic carbocycles. The van der Waals surface area contributed by atoms with Crippen LogP contribution < -0.4 is 4.74 Å². The minimum atomic E-state index is -0.868. The zero-order valence-electron chi connectivity index (χ0n) is 16.7. The second kappa shape index (κ2) is 8.46. The molecule has 1 saturated carbocycles. The number of carboxylic acid groups (broad SMARTS) is 1. The first-order valence-corrected chi connectivity index (χ1v) is 9.70. The van der Waals surface area contributed by atoms with Crippen LogP contribution in [0.4, 0.5) is 0 Å². The standard InChI is InChI=1S/C23H27NO4/c1-4-24(23(27)17-7-8-17)14-18-11-15(2)5-9-19(18)20-12-16(13-22(25)26)6-10-21(20)28-3/h5-6,9-12,17H,4,7-8,13-14H2,1-3H3,(H,25,26). The SMILES string of the molecule is CCN(Cc1cc(C)ccc1-c1cc(CC(=O)O)ccc1OC)C(=O)C1CC1. The topological polar surface area (TPSA) is 66.8 Å². The van der Waals surface area contributed by atoms with Crippen molar-refractivity contribution in [2.75, 3.05) is 13.7 Å². The third kappa shape index (κ3) is 4.53. The third-order valence-corrected chi connectivity index (χ3v) is 5.15.